The number of carbonyl (C=O) groups excluding carboxylic acids is 2. The number of halogens is 2. The smallest absolute Gasteiger partial charge is 0.305 e. The van der Waals surface area contributed by atoms with Crippen LogP contribution in [0.3, 0.4) is 0 Å². The van der Waals surface area contributed by atoms with Gasteiger partial charge in [-0.25, -0.2) is 0 Å². The lowest BCUT2D eigenvalue weighted by Gasteiger charge is -2.29. The largest absolute Gasteiger partial charge is 0.492 e. The zero-order chi connectivity index (χ0) is 19.6. The second-order valence-electron chi connectivity index (χ2n) is 7.70. The molecule has 0 aliphatic heterocycles. The predicted molar refractivity (Wildman–Crippen MR) is 106 cm³/mol. The van der Waals surface area contributed by atoms with E-state index in [4.69, 9.17) is 32.7 Å². The van der Waals surface area contributed by atoms with E-state index in [1.807, 2.05) is 6.07 Å². The molecule has 1 saturated carbocycles. The van der Waals surface area contributed by atoms with Crippen molar-refractivity contribution in [2.75, 3.05) is 13.2 Å². The predicted octanol–water partition coefficient (Wildman–Crippen LogP) is 5.65. The summed E-state index contributed by atoms with van der Waals surface area (Å²) in [5.41, 5.74) is 1.09. The Bertz CT molecular complexity index is 740. The number of ether oxygens (including phenoxy) is 2. The number of rotatable bonds is 7. The summed E-state index contributed by atoms with van der Waals surface area (Å²) in [7, 11) is 0. The number of ketones is 1. The van der Waals surface area contributed by atoms with Gasteiger partial charge in [0.25, 0.3) is 0 Å². The minimum atomic E-state index is -0.395. The highest BCUT2D eigenvalue weighted by Gasteiger charge is 2.49. The summed E-state index contributed by atoms with van der Waals surface area (Å²) in [5.74, 6) is 0.760. The SMILES string of the molecule is CCOC(=O)CCCOc1cc2c(c(Cl)c1Cl)C(=O)C(C)(C1CCCC1)C2. The topological polar surface area (TPSA) is 52.6 Å². The lowest BCUT2D eigenvalue weighted by molar-refractivity contribution is -0.143. The summed E-state index contributed by atoms with van der Waals surface area (Å²) in [6.45, 7) is 4.55. The molecule has 2 aliphatic carbocycles. The first kappa shape index (κ1) is 20.5. The molecule has 27 heavy (non-hydrogen) atoms. The van der Waals surface area contributed by atoms with Crippen LogP contribution in [-0.2, 0) is 16.0 Å². The van der Waals surface area contributed by atoms with Crippen LogP contribution in [0, 0.1) is 11.3 Å². The summed E-state index contributed by atoms with van der Waals surface area (Å²) in [5, 5.41) is 0.567. The van der Waals surface area contributed by atoms with E-state index < -0.39 is 5.41 Å². The van der Waals surface area contributed by atoms with E-state index in [9.17, 15) is 9.59 Å². The fourth-order valence-electron chi connectivity index (χ4n) is 4.43. The molecule has 0 bridgehead atoms. The van der Waals surface area contributed by atoms with Crippen LogP contribution in [0.1, 0.15) is 68.3 Å². The first-order chi connectivity index (χ1) is 12.9. The average Bonchev–Trinajstić information content (AvgIpc) is 3.25. The van der Waals surface area contributed by atoms with Crippen LogP contribution in [0.25, 0.3) is 0 Å². The van der Waals surface area contributed by atoms with E-state index in [2.05, 4.69) is 6.92 Å². The zero-order valence-corrected chi connectivity index (χ0v) is 17.4. The van der Waals surface area contributed by atoms with Crippen molar-refractivity contribution in [1.29, 1.82) is 0 Å². The number of hydrogen-bond acceptors (Lipinski definition) is 4. The zero-order valence-electron chi connectivity index (χ0n) is 15.9. The third-order valence-corrected chi connectivity index (χ3v) is 6.75. The Morgan fingerprint density at radius 3 is 2.63 bits per heavy atom. The highest BCUT2D eigenvalue weighted by Crippen LogP contribution is 2.52. The van der Waals surface area contributed by atoms with E-state index in [0.717, 1.165) is 18.4 Å². The molecule has 0 radical (unpaired) electrons. The lowest BCUT2D eigenvalue weighted by atomic mass is 9.73. The van der Waals surface area contributed by atoms with E-state index >= 15 is 0 Å². The quantitative estimate of drug-likeness (QED) is 0.428. The van der Waals surface area contributed by atoms with Gasteiger partial charge in [-0.2, -0.15) is 0 Å². The molecule has 1 atom stereocenters. The first-order valence-corrected chi connectivity index (χ1v) is 10.5. The maximum Gasteiger partial charge on any atom is 0.305 e. The van der Waals surface area contributed by atoms with Crippen molar-refractivity contribution in [3.05, 3.63) is 27.2 Å². The normalized spacial score (nSPS) is 22.1. The number of esters is 1. The van der Waals surface area contributed by atoms with Gasteiger partial charge in [0.05, 0.1) is 18.2 Å². The van der Waals surface area contributed by atoms with Crippen molar-refractivity contribution in [2.45, 2.75) is 58.8 Å². The van der Waals surface area contributed by atoms with Gasteiger partial charge < -0.3 is 9.47 Å². The molecule has 0 spiro atoms. The third kappa shape index (κ3) is 3.97. The fourth-order valence-corrected chi connectivity index (χ4v) is 4.93. The molecule has 0 N–H and O–H groups in total. The number of hydrogen-bond donors (Lipinski definition) is 0. The highest BCUT2D eigenvalue weighted by molar-refractivity contribution is 6.45. The van der Waals surface area contributed by atoms with Gasteiger partial charge in [0.15, 0.2) is 5.78 Å². The highest BCUT2D eigenvalue weighted by atomic mass is 35.5. The molecule has 3 rings (SSSR count). The summed E-state index contributed by atoms with van der Waals surface area (Å²) in [6.07, 6.45) is 6.07. The number of fused-ring (bicyclic) bond motifs is 1. The van der Waals surface area contributed by atoms with Crippen LogP contribution < -0.4 is 4.74 Å². The van der Waals surface area contributed by atoms with Crippen molar-refractivity contribution in [1.82, 2.24) is 0 Å². The molecule has 0 aromatic heterocycles. The lowest BCUT2D eigenvalue weighted by Crippen LogP contribution is -2.32. The molecule has 0 amide bonds. The van der Waals surface area contributed by atoms with E-state index in [1.54, 1.807) is 6.92 Å². The fraction of sp³-hybridized carbons (Fsp3) is 0.619. The molecular formula is C21H26Cl2O4. The maximum absolute atomic E-state index is 13.2. The third-order valence-electron chi connectivity index (χ3n) is 5.90. The Morgan fingerprint density at radius 1 is 1.26 bits per heavy atom. The van der Waals surface area contributed by atoms with Gasteiger partial charge in [0.1, 0.15) is 10.8 Å². The Morgan fingerprint density at radius 2 is 1.96 bits per heavy atom. The van der Waals surface area contributed by atoms with Gasteiger partial charge in [-0.05, 0) is 50.2 Å². The molecule has 4 nitrogen and oxygen atoms in total. The molecule has 2 aliphatic rings. The van der Waals surface area contributed by atoms with Gasteiger partial charge in [-0.3, -0.25) is 9.59 Å². The van der Waals surface area contributed by atoms with Crippen LogP contribution >= 0.6 is 23.2 Å². The molecule has 1 aromatic rings. The van der Waals surface area contributed by atoms with Crippen molar-refractivity contribution >= 4 is 35.0 Å². The molecule has 0 saturated heterocycles. The molecule has 1 unspecified atom stereocenters. The van der Waals surface area contributed by atoms with Gasteiger partial charge in [-0.15, -0.1) is 0 Å². The molecule has 6 heteroatoms. The van der Waals surface area contributed by atoms with Crippen LogP contribution in [0.2, 0.25) is 10.0 Å². The van der Waals surface area contributed by atoms with E-state index in [0.29, 0.717) is 54.7 Å². The van der Waals surface area contributed by atoms with Gasteiger partial charge >= 0.3 is 5.97 Å². The van der Waals surface area contributed by atoms with Crippen LogP contribution in [-0.4, -0.2) is 25.0 Å². The van der Waals surface area contributed by atoms with Gasteiger partial charge in [0.2, 0.25) is 0 Å². The molecular weight excluding hydrogens is 387 g/mol. The standard InChI is InChI=1S/C21H26Cl2O4/c1-3-26-16(24)9-6-10-27-15-11-13-12-21(2,14-7-4-5-8-14)20(25)17(13)19(23)18(15)22/h11,14H,3-10,12H2,1-2H3. The molecule has 1 fully saturated rings. The summed E-state index contributed by atoms with van der Waals surface area (Å²) < 4.78 is 10.7. The van der Waals surface area contributed by atoms with Crippen molar-refractivity contribution in [3.8, 4) is 5.75 Å². The molecule has 1 aromatic carbocycles. The van der Waals surface area contributed by atoms with Crippen LogP contribution in [0.15, 0.2) is 6.07 Å². The monoisotopic (exact) mass is 412 g/mol. The Kier molecular flexibility index (Phi) is 6.37. The Labute approximate surface area is 170 Å². The van der Waals surface area contributed by atoms with Crippen LogP contribution in [0.5, 0.6) is 5.75 Å². The molecule has 0 heterocycles. The molecule has 148 valence electrons. The second-order valence-corrected chi connectivity index (χ2v) is 8.45. The summed E-state index contributed by atoms with van der Waals surface area (Å²) >= 11 is 12.9. The van der Waals surface area contributed by atoms with E-state index in [-0.39, 0.29) is 16.8 Å². The van der Waals surface area contributed by atoms with Crippen molar-refractivity contribution < 1.29 is 19.1 Å². The minimum Gasteiger partial charge on any atom is -0.492 e. The minimum absolute atomic E-state index is 0.116. The first-order valence-electron chi connectivity index (χ1n) is 9.72. The number of carbonyl (C=O) groups is 2. The summed E-state index contributed by atoms with van der Waals surface area (Å²) in [4.78, 5) is 24.6. The average molecular weight is 413 g/mol. The Hall–Kier alpha value is -1.26. The Balaban J connectivity index is 1.73. The maximum atomic E-state index is 13.2. The van der Waals surface area contributed by atoms with Crippen molar-refractivity contribution in [3.63, 3.8) is 0 Å². The van der Waals surface area contributed by atoms with E-state index in [1.165, 1.54) is 12.8 Å². The summed E-state index contributed by atoms with van der Waals surface area (Å²) in [6, 6.07) is 1.85. The number of Topliss-reactive ketones (excluding diaryl/α,β-unsaturated/α-hetero) is 1. The van der Waals surface area contributed by atoms with Crippen LogP contribution in [0.4, 0.5) is 0 Å². The van der Waals surface area contributed by atoms with Gasteiger partial charge in [0, 0.05) is 17.4 Å². The second kappa shape index (κ2) is 8.40. The van der Waals surface area contributed by atoms with Crippen molar-refractivity contribution in [2.24, 2.45) is 11.3 Å². The van der Waals surface area contributed by atoms with Gasteiger partial charge in [-0.1, -0.05) is 43.0 Å². The number of benzene rings is 1.